The summed E-state index contributed by atoms with van der Waals surface area (Å²) in [5.74, 6) is 5.62. The average Bonchev–Trinajstić information content (AvgIpc) is 3.26. The van der Waals surface area contributed by atoms with Crippen LogP contribution in [0.2, 0.25) is 0 Å². The van der Waals surface area contributed by atoms with Gasteiger partial charge >= 0.3 is 5.97 Å². The Bertz CT molecular complexity index is 1220. The molecule has 3 atom stereocenters. The summed E-state index contributed by atoms with van der Waals surface area (Å²) in [6.45, 7) is 3.82. The van der Waals surface area contributed by atoms with E-state index in [9.17, 15) is 9.90 Å². The molecule has 7 heteroatoms. The molecule has 1 aliphatic rings. The summed E-state index contributed by atoms with van der Waals surface area (Å²) < 4.78 is 20.6. The lowest BCUT2D eigenvalue weighted by Gasteiger charge is -2.35. The molecule has 0 radical (unpaired) electrons. The van der Waals surface area contributed by atoms with E-state index in [0.29, 0.717) is 30.8 Å². The number of methoxy groups -OCH3 is 1. The summed E-state index contributed by atoms with van der Waals surface area (Å²) in [4.78, 5) is 20.7. The molecule has 1 saturated heterocycles. The summed E-state index contributed by atoms with van der Waals surface area (Å²) in [5, 5.41) is 10.6. The Morgan fingerprint density at radius 2 is 2.21 bits per heavy atom. The van der Waals surface area contributed by atoms with Gasteiger partial charge < -0.3 is 9.84 Å². The third-order valence-electron chi connectivity index (χ3n) is 6.52. The number of likely N-dealkylation sites (tertiary alicyclic amines) is 1. The number of aromatic nitrogens is 1. The minimum atomic E-state index is -1.19. The SMILES string of the molecule is COc1ccc2nccc([C@@H](F)CC[C@@H]3CCN(CC#Cc4ccc(C)s4)C[C@@H]3C(=O)O)c2c1. The lowest BCUT2D eigenvalue weighted by molar-refractivity contribution is -0.146. The van der Waals surface area contributed by atoms with Crippen LogP contribution in [0, 0.1) is 30.6 Å². The number of carboxylic acid groups (broad SMARTS) is 1. The normalized spacial score (nSPS) is 19.4. The highest BCUT2D eigenvalue weighted by Crippen LogP contribution is 2.35. The van der Waals surface area contributed by atoms with Crippen LogP contribution in [-0.2, 0) is 4.79 Å². The largest absolute Gasteiger partial charge is 0.497 e. The number of rotatable bonds is 7. The molecule has 1 N–H and O–H groups in total. The van der Waals surface area contributed by atoms with Crippen LogP contribution < -0.4 is 4.74 Å². The second kappa shape index (κ2) is 11.0. The smallest absolute Gasteiger partial charge is 0.308 e. The lowest BCUT2D eigenvalue weighted by Crippen LogP contribution is -2.44. The van der Waals surface area contributed by atoms with Gasteiger partial charge in [-0.3, -0.25) is 14.7 Å². The number of ether oxygens (including phenoxy) is 1. The highest BCUT2D eigenvalue weighted by molar-refractivity contribution is 7.12. The summed E-state index contributed by atoms with van der Waals surface area (Å²) in [6.07, 6.45) is 1.97. The lowest BCUT2D eigenvalue weighted by atomic mass is 9.81. The van der Waals surface area contributed by atoms with Crippen molar-refractivity contribution in [3.63, 3.8) is 0 Å². The monoisotopic (exact) mass is 480 g/mol. The first-order valence-corrected chi connectivity index (χ1v) is 12.3. The molecule has 3 aromatic rings. The van der Waals surface area contributed by atoms with Gasteiger partial charge in [0, 0.05) is 23.0 Å². The molecular formula is C27H29FN2O3S. The van der Waals surface area contributed by atoms with Crippen molar-refractivity contribution in [1.82, 2.24) is 9.88 Å². The third-order valence-corrected chi connectivity index (χ3v) is 7.44. The minimum Gasteiger partial charge on any atom is -0.497 e. The number of carboxylic acids is 1. The number of benzene rings is 1. The molecule has 0 amide bonds. The Morgan fingerprint density at radius 1 is 1.35 bits per heavy atom. The van der Waals surface area contributed by atoms with Crippen molar-refractivity contribution in [2.75, 3.05) is 26.7 Å². The number of hydrogen-bond donors (Lipinski definition) is 1. The van der Waals surface area contributed by atoms with E-state index in [1.807, 2.05) is 31.2 Å². The number of fused-ring (bicyclic) bond motifs is 1. The van der Waals surface area contributed by atoms with Gasteiger partial charge in [0.1, 0.15) is 11.9 Å². The summed E-state index contributed by atoms with van der Waals surface area (Å²) in [5.41, 5.74) is 1.30. The molecule has 178 valence electrons. The Hall–Kier alpha value is -2.95. The molecular weight excluding hydrogens is 451 g/mol. The van der Waals surface area contributed by atoms with Gasteiger partial charge in [-0.1, -0.05) is 11.8 Å². The van der Waals surface area contributed by atoms with Crippen LogP contribution in [0.3, 0.4) is 0 Å². The van der Waals surface area contributed by atoms with Crippen molar-refractivity contribution in [1.29, 1.82) is 0 Å². The number of piperidine rings is 1. The Morgan fingerprint density at radius 3 is 2.94 bits per heavy atom. The highest BCUT2D eigenvalue weighted by Gasteiger charge is 2.34. The van der Waals surface area contributed by atoms with E-state index in [0.717, 1.165) is 28.7 Å². The van der Waals surface area contributed by atoms with Gasteiger partial charge in [-0.2, -0.15) is 0 Å². The topological polar surface area (TPSA) is 62.7 Å². The summed E-state index contributed by atoms with van der Waals surface area (Å²) in [7, 11) is 1.58. The van der Waals surface area contributed by atoms with Crippen LogP contribution in [0.1, 0.15) is 40.8 Å². The van der Waals surface area contributed by atoms with Crippen LogP contribution in [0.15, 0.2) is 42.6 Å². The predicted octanol–water partition coefficient (Wildman–Crippen LogP) is 5.48. The second-order valence-corrected chi connectivity index (χ2v) is 10.1. The number of nitrogens with zero attached hydrogens (tertiary/aromatic N) is 2. The number of aliphatic carboxylic acids is 1. The molecule has 1 aromatic carbocycles. The first kappa shape index (κ1) is 24.2. The number of carbonyl (C=O) groups is 1. The van der Waals surface area contributed by atoms with Crippen molar-refractivity contribution < 1.29 is 19.0 Å². The fraction of sp³-hybridized carbons (Fsp3) is 0.407. The van der Waals surface area contributed by atoms with Gasteiger partial charge in [0.2, 0.25) is 0 Å². The number of hydrogen-bond acceptors (Lipinski definition) is 5. The van der Waals surface area contributed by atoms with E-state index in [1.54, 1.807) is 36.8 Å². The molecule has 1 aliphatic heterocycles. The molecule has 0 unspecified atom stereocenters. The van der Waals surface area contributed by atoms with E-state index in [1.165, 1.54) is 4.88 Å². The van der Waals surface area contributed by atoms with Gasteiger partial charge in [-0.25, -0.2) is 4.39 Å². The molecule has 2 aromatic heterocycles. The zero-order valence-corrected chi connectivity index (χ0v) is 20.3. The Labute approximate surface area is 203 Å². The van der Waals surface area contributed by atoms with Crippen molar-refractivity contribution in [2.45, 2.75) is 32.4 Å². The first-order valence-electron chi connectivity index (χ1n) is 11.5. The van der Waals surface area contributed by atoms with Crippen molar-refractivity contribution in [3.8, 4) is 17.6 Å². The highest BCUT2D eigenvalue weighted by atomic mass is 32.1. The maximum atomic E-state index is 15.3. The first-order chi connectivity index (χ1) is 16.4. The predicted molar refractivity (Wildman–Crippen MR) is 133 cm³/mol. The molecule has 1 fully saturated rings. The van der Waals surface area contributed by atoms with Gasteiger partial charge in [0.15, 0.2) is 0 Å². The molecule has 34 heavy (non-hydrogen) atoms. The van der Waals surface area contributed by atoms with E-state index in [2.05, 4.69) is 21.7 Å². The number of halogens is 1. The molecule has 4 rings (SSSR count). The Kier molecular flexibility index (Phi) is 7.81. The summed E-state index contributed by atoms with van der Waals surface area (Å²) >= 11 is 1.66. The van der Waals surface area contributed by atoms with Crippen LogP contribution in [-0.4, -0.2) is 47.7 Å². The molecule has 0 bridgehead atoms. The van der Waals surface area contributed by atoms with Crippen LogP contribution in [0.4, 0.5) is 4.39 Å². The fourth-order valence-electron chi connectivity index (χ4n) is 4.64. The van der Waals surface area contributed by atoms with Crippen molar-refractivity contribution in [3.05, 3.63) is 57.9 Å². The molecule has 3 heterocycles. The quantitative estimate of drug-likeness (QED) is 0.454. The molecule has 0 spiro atoms. The zero-order chi connectivity index (χ0) is 24.1. The zero-order valence-electron chi connectivity index (χ0n) is 19.5. The van der Waals surface area contributed by atoms with Gasteiger partial charge in [-0.15, -0.1) is 11.3 Å². The van der Waals surface area contributed by atoms with E-state index in [4.69, 9.17) is 4.74 Å². The molecule has 0 saturated carbocycles. The van der Waals surface area contributed by atoms with Crippen molar-refractivity contribution in [2.24, 2.45) is 11.8 Å². The number of pyridine rings is 1. The van der Waals surface area contributed by atoms with Gasteiger partial charge in [-0.05, 0) is 80.6 Å². The molecule has 0 aliphatic carbocycles. The van der Waals surface area contributed by atoms with E-state index in [-0.39, 0.29) is 12.3 Å². The van der Waals surface area contributed by atoms with E-state index < -0.39 is 18.1 Å². The Balaban J connectivity index is 1.38. The van der Waals surface area contributed by atoms with Gasteiger partial charge in [0.25, 0.3) is 0 Å². The standard InChI is InChI=1S/C27H29FN2O3S/c1-18-5-8-21(34-18)4-3-14-30-15-12-19(24(17-30)27(31)32)6-9-25(28)22-11-13-29-26-10-7-20(33-2)16-23(22)26/h5,7-8,10-11,13,16,19,24-25H,6,9,12,14-15,17H2,1-2H3,(H,31,32)/t19-,24+,25+/m1/s1. The minimum absolute atomic E-state index is 0.0532. The number of aryl methyl sites for hydroxylation is 1. The maximum absolute atomic E-state index is 15.3. The van der Waals surface area contributed by atoms with E-state index >= 15 is 4.39 Å². The fourth-order valence-corrected chi connectivity index (χ4v) is 5.38. The summed E-state index contributed by atoms with van der Waals surface area (Å²) in [6, 6.07) is 11.2. The van der Waals surface area contributed by atoms with Crippen LogP contribution >= 0.6 is 11.3 Å². The number of alkyl halides is 1. The second-order valence-electron chi connectivity index (χ2n) is 8.77. The number of thiophene rings is 1. The van der Waals surface area contributed by atoms with Crippen LogP contribution in [0.25, 0.3) is 10.9 Å². The molecule has 5 nitrogen and oxygen atoms in total. The maximum Gasteiger partial charge on any atom is 0.308 e. The van der Waals surface area contributed by atoms with Crippen LogP contribution in [0.5, 0.6) is 5.75 Å². The van der Waals surface area contributed by atoms with Gasteiger partial charge in [0.05, 0.1) is 30.0 Å². The van der Waals surface area contributed by atoms with Crippen molar-refractivity contribution >= 4 is 28.2 Å². The average molecular weight is 481 g/mol. The third kappa shape index (κ3) is 5.75.